The maximum absolute atomic E-state index is 13.0. The van der Waals surface area contributed by atoms with E-state index in [2.05, 4.69) is 4.98 Å². The molecular formula is C20H16N2O5. The Kier molecular flexibility index (Phi) is 3.07. The zero-order chi connectivity index (χ0) is 18.9. The van der Waals surface area contributed by atoms with Crippen LogP contribution in [-0.2, 0) is 16.9 Å². The molecular weight excluding hydrogens is 348 g/mol. The normalized spacial score (nSPS) is 20.1. The van der Waals surface area contributed by atoms with E-state index >= 15 is 0 Å². The average Bonchev–Trinajstić information content (AvgIpc) is 3.01. The molecule has 0 amide bonds. The fraction of sp³-hybridized carbons (Fsp3) is 0.250. The Morgan fingerprint density at radius 1 is 1.26 bits per heavy atom. The third-order valence-electron chi connectivity index (χ3n) is 5.47. The first-order chi connectivity index (χ1) is 12.9. The molecule has 1 aromatic carbocycles. The number of carbonyl (C=O) groups is 1. The van der Waals surface area contributed by atoms with Crippen LogP contribution in [0.15, 0.2) is 35.1 Å². The molecule has 0 spiro atoms. The van der Waals surface area contributed by atoms with Crippen molar-refractivity contribution < 1.29 is 19.7 Å². The highest BCUT2D eigenvalue weighted by molar-refractivity contribution is 5.92. The number of benzene rings is 1. The lowest BCUT2D eigenvalue weighted by atomic mass is 9.85. The van der Waals surface area contributed by atoms with Crippen LogP contribution in [-0.4, -0.2) is 32.2 Å². The molecule has 0 bridgehead atoms. The Bertz CT molecular complexity index is 1210. The van der Waals surface area contributed by atoms with Crippen LogP contribution < -0.4 is 10.3 Å². The van der Waals surface area contributed by atoms with Gasteiger partial charge in [0, 0.05) is 16.5 Å². The average molecular weight is 364 g/mol. The molecule has 5 rings (SSSR count). The minimum Gasteiger partial charge on any atom is -0.508 e. The quantitative estimate of drug-likeness (QED) is 0.533. The van der Waals surface area contributed by atoms with Gasteiger partial charge >= 0.3 is 0 Å². The van der Waals surface area contributed by atoms with Gasteiger partial charge in [-0.25, -0.2) is 4.98 Å². The molecule has 2 N–H and O–H groups in total. The van der Waals surface area contributed by atoms with Crippen molar-refractivity contribution in [1.29, 1.82) is 0 Å². The van der Waals surface area contributed by atoms with Crippen molar-refractivity contribution in [2.24, 2.45) is 0 Å². The number of ketones is 1. The van der Waals surface area contributed by atoms with E-state index in [0.717, 1.165) is 10.9 Å². The molecule has 7 heteroatoms. The maximum Gasteiger partial charge on any atom is 0.294 e. The second-order valence-electron chi connectivity index (χ2n) is 6.96. The van der Waals surface area contributed by atoms with Crippen LogP contribution in [0.3, 0.4) is 0 Å². The smallest absolute Gasteiger partial charge is 0.294 e. The molecule has 1 atom stereocenters. The molecule has 27 heavy (non-hydrogen) atoms. The van der Waals surface area contributed by atoms with Gasteiger partial charge in [0.1, 0.15) is 5.75 Å². The van der Waals surface area contributed by atoms with E-state index in [9.17, 15) is 19.8 Å². The summed E-state index contributed by atoms with van der Waals surface area (Å²) in [6.07, 6.45) is 0.155. The van der Waals surface area contributed by atoms with Crippen LogP contribution in [0.25, 0.3) is 22.3 Å². The second kappa shape index (κ2) is 5.17. The third-order valence-corrected chi connectivity index (χ3v) is 5.47. The largest absolute Gasteiger partial charge is 0.508 e. The van der Waals surface area contributed by atoms with Gasteiger partial charge in [-0.05, 0) is 36.8 Å². The molecule has 2 aliphatic heterocycles. The molecule has 0 unspecified atom stereocenters. The number of carbonyl (C=O) groups excluding carboxylic acids is 1. The van der Waals surface area contributed by atoms with Crippen LogP contribution in [0.2, 0.25) is 0 Å². The van der Waals surface area contributed by atoms with E-state index in [1.165, 1.54) is 0 Å². The van der Waals surface area contributed by atoms with Gasteiger partial charge in [-0.1, -0.05) is 6.92 Å². The number of rotatable bonds is 1. The molecule has 2 aliphatic rings. The molecule has 0 saturated carbocycles. The van der Waals surface area contributed by atoms with Gasteiger partial charge in [-0.15, -0.1) is 0 Å². The third kappa shape index (κ3) is 2.03. The summed E-state index contributed by atoms with van der Waals surface area (Å²) in [5.74, 6) is -0.285. The summed E-state index contributed by atoms with van der Waals surface area (Å²) >= 11 is 0. The fourth-order valence-corrected chi connectivity index (χ4v) is 3.94. The fourth-order valence-electron chi connectivity index (χ4n) is 3.94. The number of ether oxygens (including phenoxy) is 1. The summed E-state index contributed by atoms with van der Waals surface area (Å²) in [5.41, 5.74) is 0.790. The van der Waals surface area contributed by atoms with Crippen molar-refractivity contribution in [3.8, 4) is 22.9 Å². The highest BCUT2D eigenvalue weighted by Gasteiger charge is 2.44. The number of Topliss-reactive ketones (excluding diaryl/α,β-unsaturated/α-hetero) is 1. The zero-order valence-electron chi connectivity index (χ0n) is 14.5. The van der Waals surface area contributed by atoms with Gasteiger partial charge in [-0.2, -0.15) is 0 Å². The summed E-state index contributed by atoms with van der Waals surface area (Å²) in [6.45, 7) is 1.70. The molecule has 136 valence electrons. The SMILES string of the molecule is CC[C@]1(O)C(=O)COc2c1cc1n(c2=O)Cc2cc3cc(O)ccc3nc2-1. The Morgan fingerprint density at radius 3 is 2.85 bits per heavy atom. The van der Waals surface area contributed by atoms with Crippen LogP contribution >= 0.6 is 0 Å². The van der Waals surface area contributed by atoms with Crippen molar-refractivity contribution in [2.75, 3.05) is 6.61 Å². The summed E-state index contributed by atoms with van der Waals surface area (Å²) < 4.78 is 6.93. The summed E-state index contributed by atoms with van der Waals surface area (Å²) in [4.78, 5) is 29.9. The number of phenols is 1. The van der Waals surface area contributed by atoms with E-state index in [-0.39, 0.29) is 35.6 Å². The molecule has 3 aromatic rings. The Balaban J connectivity index is 1.80. The number of nitrogens with zero attached hydrogens (tertiary/aromatic N) is 2. The van der Waals surface area contributed by atoms with Gasteiger partial charge < -0.3 is 14.9 Å². The molecule has 0 fully saturated rings. The van der Waals surface area contributed by atoms with Crippen LogP contribution in [0, 0.1) is 0 Å². The van der Waals surface area contributed by atoms with Gasteiger partial charge in [0.05, 0.1) is 23.4 Å². The lowest BCUT2D eigenvalue weighted by Gasteiger charge is -2.32. The van der Waals surface area contributed by atoms with Gasteiger partial charge in [0.25, 0.3) is 5.56 Å². The van der Waals surface area contributed by atoms with Crippen LogP contribution in [0.1, 0.15) is 24.5 Å². The molecule has 0 saturated heterocycles. The highest BCUT2D eigenvalue weighted by Crippen LogP contribution is 2.40. The van der Waals surface area contributed by atoms with Crippen molar-refractivity contribution in [3.05, 3.63) is 51.8 Å². The lowest BCUT2D eigenvalue weighted by Crippen LogP contribution is -2.45. The van der Waals surface area contributed by atoms with Crippen molar-refractivity contribution in [3.63, 3.8) is 0 Å². The summed E-state index contributed by atoms with van der Waals surface area (Å²) in [6, 6.07) is 8.41. The number of aromatic hydroxyl groups is 1. The Labute approximate surface area is 153 Å². The predicted octanol–water partition coefficient (Wildman–Crippen LogP) is 1.69. The molecule has 4 heterocycles. The monoisotopic (exact) mass is 364 g/mol. The van der Waals surface area contributed by atoms with Gasteiger partial charge in [0.2, 0.25) is 5.78 Å². The van der Waals surface area contributed by atoms with Crippen molar-refractivity contribution in [2.45, 2.75) is 25.5 Å². The zero-order valence-corrected chi connectivity index (χ0v) is 14.5. The van der Waals surface area contributed by atoms with Gasteiger partial charge in [-0.3, -0.25) is 14.2 Å². The molecule has 0 radical (unpaired) electrons. The predicted molar refractivity (Wildman–Crippen MR) is 96.9 cm³/mol. The number of pyridine rings is 2. The van der Waals surface area contributed by atoms with Crippen LogP contribution in [0.4, 0.5) is 0 Å². The van der Waals surface area contributed by atoms with E-state index in [1.54, 1.807) is 35.8 Å². The molecule has 0 aliphatic carbocycles. The van der Waals surface area contributed by atoms with Gasteiger partial charge in [0.15, 0.2) is 18.0 Å². The first-order valence-corrected chi connectivity index (χ1v) is 8.72. The van der Waals surface area contributed by atoms with E-state index < -0.39 is 11.4 Å². The highest BCUT2D eigenvalue weighted by atomic mass is 16.5. The molecule has 2 aromatic heterocycles. The molecule has 7 nitrogen and oxygen atoms in total. The summed E-state index contributed by atoms with van der Waals surface area (Å²) in [5, 5.41) is 21.3. The minimum absolute atomic E-state index is 0.0257. The maximum atomic E-state index is 13.0. The van der Waals surface area contributed by atoms with Crippen molar-refractivity contribution >= 4 is 16.7 Å². The Hall–Kier alpha value is -3.19. The number of hydrogen-bond acceptors (Lipinski definition) is 6. The Morgan fingerprint density at radius 2 is 2.07 bits per heavy atom. The number of aliphatic hydroxyl groups is 1. The lowest BCUT2D eigenvalue weighted by molar-refractivity contribution is -0.143. The standard InChI is InChI=1S/C20H16N2O5/c1-2-20(26)13-7-15-17-11(5-10-6-12(23)3-4-14(10)21-17)8-22(15)19(25)18(13)27-9-16(20)24/h3-7,23,26H,2,8-9H2,1H3/t20-/m1/s1. The van der Waals surface area contributed by atoms with E-state index in [0.29, 0.717) is 23.4 Å². The number of phenolic OH excluding ortho intramolecular Hbond substituents is 1. The first-order valence-electron chi connectivity index (χ1n) is 8.72. The van der Waals surface area contributed by atoms with Crippen molar-refractivity contribution in [1.82, 2.24) is 9.55 Å². The minimum atomic E-state index is -1.73. The number of aromatic nitrogens is 2. The topological polar surface area (TPSA) is 102 Å². The first kappa shape index (κ1) is 16.0. The number of fused-ring (bicyclic) bond motifs is 5. The summed E-state index contributed by atoms with van der Waals surface area (Å²) in [7, 11) is 0. The number of hydrogen-bond donors (Lipinski definition) is 2. The van der Waals surface area contributed by atoms with Crippen LogP contribution in [0.5, 0.6) is 11.5 Å². The van der Waals surface area contributed by atoms with E-state index in [1.807, 2.05) is 6.07 Å². The second-order valence-corrected chi connectivity index (χ2v) is 6.96. The van der Waals surface area contributed by atoms with E-state index in [4.69, 9.17) is 4.74 Å².